The summed E-state index contributed by atoms with van der Waals surface area (Å²) in [6.07, 6.45) is 9.75. The molecule has 1 amide bonds. The van der Waals surface area contributed by atoms with Crippen LogP contribution in [0.15, 0.2) is 0 Å². The maximum Gasteiger partial charge on any atom is 0.224 e. The number of hydrogen-bond acceptors (Lipinski definition) is 3. The molecule has 1 aliphatic carbocycles. The first-order chi connectivity index (χ1) is 9.27. The summed E-state index contributed by atoms with van der Waals surface area (Å²) < 4.78 is 0. The summed E-state index contributed by atoms with van der Waals surface area (Å²) in [5, 5.41) is 3.46. The lowest BCUT2D eigenvalue weighted by Gasteiger charge is -2.32. The topological polar surface area (TPSA) is 32.3 Å². The molecule has 19 heavy (non-hydrogen) atoms. The van der Waals surface area contributed by atoms with Crippen LogP contribution in [0.2, 0.25) is 0 Å². The second-order valence-electron chi connectivity index (χ2n) is 5.93. The number of rotatable bonds is 3. The molecule has 0 radical (unpaired) electrons. The highest BCUT2D eigenvalue weighted by Gasteiger charge is 2.24. The van der Waals surface area contributed by atoms with Gasteiger partial charge in [0.1, 0.15) is 0 Å². The Morgan fingerprint density at radius 3 is 2.53 bits per heavy atom. The summed E-state index contributed by atoms with van der Waals surface area (Å²) in [7, 11) is 2.02. The van der Waals surface area contributed by atoms with Crippen molar-refractivity contribution in [2.45, 2.75) is 63.5 Å². The zero-order valence-electron chi connectivity index (χ0n) is 12.2. The Bertz CT molecular complexity index is 271. The highest BCUT2D eigenvalue weighted by Crippen LogP contribution is 2.21. The van der Waals surface area contributed by atoms with E-state index in [9.17, 15) is 4.79 Å². The average Bonchev–Trinajstić information content (AvgIpc) is 2.39. The lowest BCUT2D eigenvalue weighted by molar-refractivity contribution is -0.132. The van der Waals surface area contributed by atoms with Crippen LogP contribution in [-0.4, -0.2) is 48.0 Å². The van der Waals surface area contributed by atoms with Gasteiger partial charge in [0.2, 0.25) is 5.91 Å². The number of nitrogens with zero attached hydrogens (tertiary/aromatic N) is 1. The molecule has 1 heterocycles. The van der Waals surface area contributed by atoms with Gasteiger partial charge in [0.25, 0.3) is 0 Å². The van der Waals surface area contributed by atoms with E-state index in [1.54, 1.807) is 0 Å². The lowest BCUT2D eigenvalue weighted by atomic mass is 9.95. The van der Waals surface area contributed by atoms with Crippen LogP contribution in [0.5, 0.6) is 0 Å². The Hall–Kier alpha value is -0.220. The first-order valence-electron chi connectivity index (χ1n) is 7.84. The molecule has 1 aliphatic heterocycles. The number of amides is 1. The van der Waals surface area contributed by atoms with Crippen molar-refractivity contribution in [2.75, 3.05) is 25.1 Å². The Morgan fingerprint density at radius 2 is 1.89 bits per heavy atom. The van der Waals surface area contributed by atoms with Crippen LogP contribution in [0.4, 0.5) is 0 Å². The Balaban J connectivity index is 1.78. The van der Waals surface area contributed by atoms with E-state index in [1.807, 2.05) is 23.7 Å². The fourth-order valence-electron chi connectivity index (χ4n) is 3.13. The van der Waals surface area contributed by atoms with Crippen molar-refractivity contribution in [3.05, 3.63) is 0 Å². The molecule has 1 unspecified atom stereocenters. The van der Waals surface area contributed by atoms with E-state index in [2.05, 4.69) is 5.32 Å². The molecule has 0 aromatic carbocycles. The number of hydrogen-bond donors (Lipinski definition) is 1. The van der Waals surface area contributed by atoms with E-state index in [4.69, 9.17) is 0 Å². The van der Waals surface area contributed by atoms with Gasteiger partial charge < -0.3 is 10.2 Å². The number of carbonyl (C=O) groups is 1. The van der Waals surface area contributed by atoms with Crippen molar-refractivity contribution < 1.29 is 4.79 Å². The van der Waals surface area contributed by atoms with Crippen molar-refractivity contribution in [1.29, 1.82) is 0 Å². The normalized spacial score (nSPS) is 26.5. The molecule has 2 fully saturated rings. The second-order valence-corrected chi connectivity index (χ2v) is 7.08. The van der Waals surface area contributed by atoms with Gasteiger partial charge in [-0.05, 0) is 12.8 Å². The molecule has 3 nitrogen and oxygen atoms in total. The standard InChI is InChI=1S/C15H28N2OS/c1-17(14-7-5-3-2-4-6-8-14)15(18)11-13-12-19-10-9-16-13/h13-14,16H,2-12H2,1H3. The van der Waals surface area contributed by atoms with Crippen LogP contribution in [0.1, 0.15) is 51.4 Å². The quantitative estimate of drug-likeness (QED) is 0.865. The van der Waals surface area contributed by atoms with Crippen LogP contribution in [-0.2, 0) is 4.79 Å². The summed E-state index contributed by atoms with van der Waals surface area (Å²) in [6, 6.07) is 0.881. The Labute approximate surface area is 121 Å². The maximum atomic E-state index is 12.4. The molecule has 0 spiro atoms. The van der Waals surface area contributed by atoms with Crippen LogP contribution >= 0.6 is 11.8 Å². The molecule has 2 rings (SSSR count). The summed E-state index contributed by atoms with van der Waals surface area (Å²) >= 11 is 1.97. The minimum atomic E-state index is 0.338. The zero-order chi connectivity index (χ0) is 13.5. The molecule has 2 aliphatic rings. The van der Waals surface area contributed by atoms with Gasteiger partial charge in [-0.25, -0.2) is 0 Å². The summed E-state index contributed by atoms with van der Waals surface area (Å²) in [4.78, 5) is 14.4. The van der Waals surface area contributed by atoms with Gasteiger partial charge in [-0.2, -0.15) is 11.8 Å². The van der Waals surface area contributed by atoms with Gasteiger partial charge in [-0.1, -0.05) is 32.1 Å². The highest BCUT2D eigenvalue weighted by atomic mass is 32.2. The molecule has 0 bridgehead atoms. The molecule has 0 aromatic rings. The molecular weight excluding hydrogens is 256 g/mol. The minimum Gasteiger partial charge on any atom is -0.343 e. The van der Waals surface area contributed by atoms with Crippen molar-refractivity contribution in [2.24, 2.45) is 0 Å². The van der Waals surface area contributed by atoms with Crippen LogP contribution in [0.3, 0.4) is 0 Å². The fourth-order valence-corrected chi connectivity index (χ4v) is 4.08. The lowest BCUT2D eigenvalue weighted by Crippen LogP contribution is -2.44. The van der Waals surface area contributed by atoms with Crippen molar-refractivity contribution >= 4 is 17.7 Å². The van der Waals surface area contributed by atoms with Crippen molar-refractivity contribution in [1.82, 2.24) is 10.2 Å². The summed E-state index contributed by atoms with van der Waals surface area (Å²) in [5.74, 6) is 2.61. The maximum absolute atomic E-state index is 12.4. The Kier molecular flexibility index (Phi) is 6.51. The van der Waals surface area contributed by atoms with Gasteiger partial charge in [-0.15, -0.1) is 0 Å². The van der Waals surface area contributed by atoms with Gasteiger partial charge in [-0.3, -0.25) is 4.79 Å². The van der Waals surface area contributed by atoms with Crippen molar-refractivity contribution in [3.8, 4) is 0 Å². The highest BCUT2D eigenvalue weighted by molar-refractivity contribution is 7.99. The number of thioether (sulfide) groups is 1. The third kappa shape index (κ3) is 4.99. The molecule has 1 saturated heterocycles. The van der Waals surface area contributed by atoms with E-state index in [-0.39, 0.29) is 0 Å². The van der Waals surface area contributed by atoms with Crippen molar-refractivity contribution in [3.63, 3.8) is 0 Å². The summed E-state index contributed by atoms with van der Waals surface area (Å²) in [5.41, 5.74) is 0. The largest absolute Gasteiger partial charge is 0.343 e. The summed E-state index contributed by atoms with van der Waals surface area (Å²) in [6.45, 7) is 1.05. The van der Waals surface area contributed by atoms with E-state index in [0.717, 1.165) is 12.3 Å². The minimum absolute atomic E-state index is 0.338. The molecule has 1 atom stereocenters. The molecule has 110 valence electrons. The van der Waals surface area contributed by atoms with E-state index >= 15 is 0 Å². The molecule has 1 saturated carbocycles. The number of nitrogens with one attached hydrogen (secondary N) is 1. The fraction of sp³-hybridized carbons (Fsp3) is 0.933. The van der Waals surface area contributed by atoms with Crippen LogP contribution < -0.4 is 5.32 Å². The SMILES string of the molecule is CN(C(=O)CC1CSCCN1)C1CCCCCCC1. The monoisotopic (exact) mass is 284 g/mol. The van der Waals surface area contributed by atoms with Gasteiger partial charge in [0.05, 0.1) is 0 Å². The van der Waals surface area contributed by atoms with E-state index < -0.39 is 0 Å². The average molecular weight is 284 g/mol. The first-order valence-corrected chi connectivity index (χ1v) is 8.99. The zero-order valence-corrected chi connectivity index (χ0v) is 13.0. The third-order valence-electron chi connectivity index (χ3n) is 4.44. The van der Waals surface area contributed by atoms with Gasteiger partial charge in [0.15, 0.2) is 0 Å². The molecular formula is C15H28N2OS. The van der Waals surface area contributed by atoms with Crippen LogP contribution in [0, 0.1) is 0 Å². The molecule has 4 heteroatoms. The van der Waals surface area contributed by atoms with E-state index in [0.29, 0.717) is 24.4 Å². The van der Waals surface area contributed by atoms with Crippen LogP contribution in [0.25, 0.3) is 0 Å². The predicted octanol–water partition coefficient (Wildman–Crippen LogP) is 2.65. The first kappa shape index (κ1) is 15.2. The second kappa shape index (κ2) is 8.15. The Morgan fingerprint density at radius 1 is 1.21 bits per heavy atom. The van der Waals surface area contributed by atoms with Gasteiger partial charge in [0, 0.05) is 43.6 Å². The van der Waals surface area contributed by atoms with Gasteiger partial charge >= 0.3 is 0 Å². The molecule has 0 aromatic heterocycles. The predicted molar refractivity (Wildman–Crippen MR) is 82.6 cm³/mol. The third-order valence-corrected chi connectivity index (χ3v) is 5.57. The van der Waals surface area contributed by atoms with E-state index in [1.165, 1.54) is 50.7 Å². The molecule has 1 N–H and O–H groups in total. The smallest absolute Gasteiger partial charge is 0.224 e. The number of carbonyl (C=O) groups excluding carboxylic acids is 1.